The Morgan fingerprint density at radius 2 is 0.830 bits per heavy atom. The Hall–Kier alpha value is -3.64. The van der Waals surface area contributed by atoms with Crippen molar-refractivity contribution in [2.45, 2.75) is 118 Å². The van der Waals surface area contributed by atoms with Crippen LogP contribution in [0.1, 0.15) is 140 Å². The fourth-order valence-electron chi connectivity index (χ4n) is 8.67. The van der Waals surface area contributed by atoms with Crippen LogP contribution in [-0.4, -0.2) is 0 Å². The molecular formula is C47H56. The lowest BCUT2D eigenvalue weighted by Crippen LogP contribution is -2.30. The summed E-state index contributed by atoms with van der Waals surface area (Å²) in [5, 5.41) is 0. The monoisotopic (exact) mass is 620 g/mol. The highest BCUT2D eigenvalue weighted by Gasteiger charge is 2.47. The molecule has 2 unspecified atom stereocenters. The first-order valence-electron chi connectivity index (χ1n) is 18.1. The van der Waals surface area contributed by atoms with Crippen molar-refractivity contribution < 1.29 is 0 Å². The van der Waals surface area contributed by atoms with Gasteiger partial charge in [-0.15, -0.1) is 0 Å². The molecule has 6 rings (SSSR count). The second kappa shape index (κ2) is 12.4. The summed E-state index contributed by atoms with van der Waals surface area (Å²) in [5.74, 6) is 0.745. The highest BCUT2D eigenvalue weighted by molar-refractivity contribution is 5.84. The molecule has 47 heavy (non-hydrogen) atoms. The Bertz CT molecular complexity index is 1670. The highest BCUT2D eigenvalue weighted by Crippen LogP contribution is 2.61. The SMILES string of the molecule is CCCC1=Cc2c(-c3ccc(C(C)(C)C)cc3)cccc2C1C(C)(C)C1C(CCC)=Cc2c(-c3ccc(C(C)(C)C)cc3)cccc21. The molecule has 0 nitrogen and oxygen atoms in total. The van der Waals surface area contributed by atoms with Crippen LogP contribution >= 0.6 is 0 Å². The van der Waals surface area contributed by atoms with E-state index in [0.29, 0.717) is 11.8 Å². The van der Waals surface area contributed by atoms with E-state index in [1.54, 1.807) is 11.1 Å². The van der Waals surface area contributed by atoms with Gasteiger partial charge in [-0.1, -0.05) is 190 Å². The molecule has 0 heteroatoms. The maximum Gasteiger partial charge on any atom is 0.0118 e. The Labute approximate surface area is 286 Å². The smallest absolute Gasteiger partial charge is 0.0118 e. The molecule has 244 valence electrons. The zero-order valence-corrected chi connectivity index (χ0v) is 30.7. The molecule has 0 spiro atoms. The Morgan fingerprint density at radius 1 is 0.468 bits per heavy atom. The Balaban J connectivity index is 1.44. The van der Waals surface area contributed by atoms with E-state index >= 15 is 0 Å². The highest BCUT2D eigenvalue weighted by atomic mass is 14.5. The summed E-state index contributed by atoms with van der Waals surface area (Å²) in [5.41, 5.74) is 17.5. The van der Waals surface area contributed by atoms with Crippen LogP contribution in [0.2, 0.25) is 0 Å². The van der Waals surface area contributed by atoms with Gasteiger partial charge in [0.25, 0.3) is 0 Å². The third-order valence-electron chi connectivity index (χ3n) is 11.0. The summed E-state index contributed by atoms with van der Waals surface area (Å²) in [7, 11) is 0. The molecule has 0 aliphatic heterocycles. The molecule has 0 saturated heterocycles. The van der Waals surface area contributed by atoms with Crippen LogP contribution in [0.5, 0.6) is 0 Å². The van der Waals surface area contributed by atoms with Gasteiger partial charge >= 0.3 is 0 Å². The largest absolute Gasteiger partial charge is 0.0651 e. The second-order valence-corrected chi connectivity index (χ2v) is 16.9. The summed E-state index contributed by atoms with van der Waals surface area (Å²) in [6.45, 7) is 23.6. The fraction of sp³-hybridized carbons (Fsp3) is 0.404. The van der Waals surface area contributed by atoms with Gasteiger partial charge in [-0.25, -0.2) is 0 Å². The third-order valence-corrected chi connectivity index (χ3v) is 11.0. The molecule has 0 saturated carbocycles. The lowest BCUT2D eigenvalue weighted by Gasteiger charge is -2.42. The molecule has 0 bridgehead atoms. The predicted molar refractivity (Wildman–Crippen MR) is 206 cm³/mol. The van der Waals surface area contributed by atoms with E-state index in [1.807, 2.05) is 0 Å². The fourth-order valence-corrected chi connectivity index (χ4v) is 8.67. The summed E-state index contributed by atoms with van der Waals surface area (Å²) in [4.78, 5) is 0. The normalized spacial score (nSPS) is 17.7. The lowest BCUT2D eigenvalue weighted by atomic mass is 9.61. The number of hydrogen-bond acceptors (Lipinski definition) is 0. The summed E-state index contributed by atoms with van der Waals surface area (Å²) >= 11 is 0. The number of fused-ring (bicyclic) bond motifs is 2. The van der Waals surface area contributed by atoms with Crippen LogP contribution in [-0.2, 0) is 10.8 Å². The predicted octanol–water partition coefficient (Wildman–Crippen LogP) is 13.9. The molecule has 2 aliphatic carbocycles. The maximum absolute atomic E-state index is 2.57. The number of hydrogen-bond donors (Lipinski definition) is 0. The molecule has 0 radical (unpaired) electrons. The van der Waals surface area contributed by atoms with Gasteiger partial charge in [-0.2, -0.15) is 0 Å². The summed E-state index contributed by atoms with van der Waals surface area (Å²) in [6, 6.07) is 32.8. The van der Waals surface area contributed by atoms with E-state index in [4.69, 9.17) is 0 Å². The van der Waals surface area contributed by atoms with Gasteiger partial charge in [0.2, 0.25) is 0 Å². The van der Waals surface area contributed by atoms with Gasteiger partial charge in [0, 0.05) is 11.8 Å². The first-order valence-corrected chi connectivity index (χ1v) is 18.1. The quantitative estimate of drug-likeness (QED) is 0.184. The molecule has 4 aromatic carbocycles. The van der Waals surface area contributed by atoms with E-state index in [9.17, 15) is 0 Å². The zero-order chi connectivity index (χ0) is 33.7. The molecular weight excluding hydrogens is 565 g/mol. The van der Waals surface area contributed by atoms with Crippen molar-refractivity contribution in [3.05, 3.63) is 129 Å². The van der Waals surface area contributed by atoms with Crippen LogP contribution in [0.15, 0.2) is 96.1 Å². The van der Waals surface area contributed by atoms with Crippen LogP contribution in [0, 0.1) is 5.41 Å². The average molecular weight is 621 g/mol. The van der Waals surface area contributed by atoms with Crippen LogP contribution in [0.3, 0.4) is 0 Å². The zero-order valence-electron chi connectivity index (χ0n) is 30.7. The second-order valence-electron chi connectivity index (χ2n) is 16.9. The number of benzene rings is 4. The molecule has 0 aromatic heterocycles. The molecule has 2 aliphatic rings. The third kappa shape index (κ3) is 6.10. The molecule has 4 aromatic rings. The van der Waals surface area contributed by atoms with Crippen molar-refractivity contribution in [1.29, 1.82) is 0 Å². The van der Waals surface area contributed by atoms with Crippen molar-refractivity contribution in [2.24, 2.45) is 5.41 Å². The standard InChI is InChI=1S/C47H56/c1-11-15-33-29-41-37(31-21-25-35(26-22-31)45(3,4)5)17-13-19-39(41)43(33)47(9,10)44-34(16-12-2)30-42-38(18-14-20-40(42)44)32-23-27-36(28-24-32)46(6,7)8/h13-14,17-30,43-44H,11-12,15-16H2,1-10H3. The van der Waals surface area contributed by atoms with E-state index < -0.39 is 0 Å². The topological polar surface area (TPSA) is 0 Å². The van der Waals surface area contributed by atoms with Crippen molar-refractivity contribution in [3.63, 3.8) is 0 Å². The molecule has 0 N–H and O–H groups in total. The van der Waals surface area contributed by atoms with Crippen molar-refractivity contribution >= 4 is 12.2 Å². The number of rotatable bonds is 8. The van der Waals surface area contributed by atoms with Crippen molar-refractivity contribution in [1.82, 2.24) is 0 Å². The van der Waals surface area contributed by atoms with E-state index in [-0.39, 0.29) is 16.2 Å². The van der Waals surface area contributed by atoms with Gasteiger partial charge in [-0.3, -0.25) is 0 Å². The van der Waals surface area contributed by atoms with Crippen LogP contribution in [0.25, 0.3) is 34.4 Å². The lowest BCUT2D eigenvalue weighted by molar-refractivity contribution is 0.268. The molecule has 0 amide bonds. The first kappa shape index (κ1) is 33.3. The molecule has 0 fully saturated rings. The van der Waals surface area contributed by atoms with Crippen LogP contribution in [0.4, 0.5) is 0 Å². The van der Waals surface area contributed by atoms with Gasteiger partial charge in [-0.05, 0) is 84.7 Å². The van der Waals surface area contributed by atoms with Gasteiger partial charge in [0.05, 0.1) is 0 Å². The minimum absolute atomic E-state index is 0.00192. The van der Waals surface area contributed by atoms with Gasteiger partial charge in [0.1, 0.15) is 0 Å². The van der Waals surface area contributed by atoms with E-state index in [2.05, 4.69) is 166 Å². The minimum atomic E-state index is 0.00192. The Kier molecular flexibility index (Phi) is 8.80. The molecule has 2 atom stereocenters. The molecule has 0 heterocycles. The summed E-state index contributed by atoms with van der Waals surface area (Å²) < 4.78 is 0. The van der Waals surface area contributed by atoms with E-state index in [0.717, 1.165) is 25.7 Å². The van der Waals surface area contributed by atoms with Gasteiger partial charge in [0.15, 0.2) is 0 Å². The maximum atomic E-state index is 2.57. The van der Waals surface area contributed by atoms with Crippen molar-refractivity contribution in [3.8, 4) is 22.3 Å². The Morgan fingerprint density at radius 3 is 1.15 bits per heavy atom. The van der Waals surface area contributed by atoms with Crippen LogP contribution < -0.4 is 0 Å². The minimum Gasteiger partial charge on any atom is -0.0651 e. The average Bonchev–Trinajstić information content (AvgIpc) is 3.59. The van der Waals surface area contributed by atoms with Crippen molar-refractivity contribution in [2.75, 3.05) is 0 Å². The van der Waals surface area contributed by atoms with Gasteiger partial charge < -0.3 is 0 Å². The first-order chi connectivity index (χ1) is 22.3. The summed E-state index contributed by atoms with van der Waals surface area (Å²) in [6.07, 6.45) is 9.75. The number of allylic oxidation sites excluding steroid dienone is 2. The van der Waals surface area contributed by atoms with E-state index in [1.165, 1.54) is 55.6 Å².